The van der Waals surface area contributed by atoms with Crippen LogP contribution in [0.2, 0.25) is 0 Å². The zero-order valence-corrected chi connectivity index (χ0v) is 15.9. The second-order valence-electron chi connectivity index (χ2n) is 6.69. The molecule has 1 aromatic carbocycles. The summed E-state index contributed by atoms with van der Waals surface area (Å²) in [6.07, 6.45) is 6.32. The molecular formula is C19H25N7O. The third-order valence-corrected chi connectivity index (χ3v) is 4.27. The molecule has 0 saturated carbocycles. The SMILES string of the molecule is Cc1nc(Cc2ccc(NC(=O)N(C)CCCc3cnn(C)c3)cc2)n[nH]1. The van der Waals surface area contributed by atoms with Gasteiger partial charge < -0.3 is 10.2 Å². The molecule has 0 atom stereocenters. The van der Waals surface area contributed by atoms with E-state index in [2.05, 4.69) is 25.6 Å². The number of hydrogen-bond acceptors (Lipinski definition) is 4. The van der Waals surface area contributed by atoms with Crippen molar-refractivity contribution in [3.63, 3.8) is 0 Å². The zero-order chi connectivity index (χ0) is 19.2. The molecule has 0 bridgehead atoms. The molecule has 8 nitrogen and oxygen atoms in total. The molecule has 2 amide bonds. The summed E-state index contributed by atoms with van der Waals surface area (Å²) in [6, 6.07) is 7.64. The minimum Gasteiger partial charge on any atom is -0.328 e. The van der Waals surface area contributed by atoms with Crippen LogP contribution in [-0.2, 0) is 19.9 Å². The minimum atomic E-state index is -0.112. The summed E-state index contributed by atoms with van der Waals surface area (Å²) in [4.78, 5) is 18.3. The Morgan fingerprint density at radius 3 is 2.67 bits per heavy atom. The van der Waals surface area contributed by atoms with Crippen molar-refractivity contribution in [1.29, 1.82) is 0 Å². The highest BCUT2D eigenvalue weighted by molar-refractivity contribution is 5.89. The summed E-state index contributed by atoms with van der Waals surface area (Å²) in [6.45, 7) is 2.56. The highest BCUT2D eigenvalue weighted by atomic mass is 16.2. The number of hydrogen-bond donors (Lipinski definition) is 2. The number of nitrogens with zero attached hydrogens (tertiary/aromatic N) is 5. The smallest absolute Gasteiger partial charge is 0.321 e. The second-order valence-corrected chi connectivity index (χ2v) is 6.69. The molecular weight excluding hydrogens is 342 g/mol. The molecule has 142 valence electrons. The molecule has 0 spiro atoms. The quantitative estimate of drug-likeness (QED) is 0.671. The van der Waals surface area contributed by atoms with E-state index < -0.39 is 0 Å². The fourth-order valence-electron chi connectivity index (χ4n) is 2.80. The number of carbonyl (C=O) groups is 1. The van der Waals surface area contributed by atoms with Crippen LogP contribution in [0.5, 0.6) is 0 Å². The van der Waals surface area contributed by atoms with E-state index in [1.807, 2.05) is 50.6 Å². The molecule has 0 saturated heterocycles. The maximum absolute atomic E-state index is 12.3. The molecule has 3 rings (SSSR count). The van der Waals surface area contributed by atoms with Gasteiger partial charge in [0.15, 0.2) is 5.82 Å². The normalized spacial score (nSPS) is 10.8. The molecule has 2 aromatic heterocycles. The molecule has 0 unspecified atom stereocenters. The summed E-state index contributed by atoms with van der Waals surface area (Å²) < 4.78 is 1.79. The molecule has 0 radical (unpaired) electrons. The van der Waals surface area contributed by atoms with Crippen LogP contribution in [0.4, 0.5) is 10.5 Å². The lowest BCUT2D eigenvalue weighted by atomic mass is 10.1. The molecule has 0 fully saturated rings. The molecule has 0 aliphatic carbocycles. The average Bonchev–Trinajstić information content (AvgIpc) is 3.24. The molecule has 27 heavy (non-hydrogen) atoms. The topological polar surface area (TPSA) is 91.7 Å². The van der Waals surface area contributed by atoms with Gasteiger partial charge in [-0.1, -0.05) is 12.1 Å². The number of rotatable bonds is 7. The van der Waals surface area contributed by atoms with Crippen LogP contribution in [0.3, 0.4) is 0 Å². The number of H-pyrrole nitrogens is 1. The number of aryl methyl sites for hydroxylation is 3. The van der Waals surface area contributed by atoms with Crippen molar-refractivity contribution in [2.24, 2.45) is 7.05 Å². The Hall–Kier alpha value is -3.16. The molecule has 2 heterocycles. The van der Waals surface area contributed by atoms with E-state index in [-0.39, 0.29) is 6.03 Å². The Labute approximate surface area is 158 Å². The molecule has 2 N–H and O–H groups in total. The van der Waals surface area contributed by atoms with Crippen molar-refractivity contribution in [1.82, 2.24) is 29.9 Å². The summed E-state index contributed by atoms with van der Waals surface area (Å²) in [5, 5.41) is 14.1. The highest BCUT2D eigenvalue weighted by Gasteiger charge is 2.09. The number of carbonyl (C=O) groups excluding carboxylic acids is 1. The van der Waals surface area contributed by atoms with Gasteiger partial charge in [-0.15, -0.1) is 0 Å². The number of aromatic nitrogens is 5. The molecule has 0 aliphatic rings. The Morgan fingerprint density at radius 2 is 2.04 bits per heavy atom. The highest BCUT2D eigenvalue weighted by Crippen LogP contribution is 2.13. The second kappa shape index (κ2) is 8.48. The minimum absolute atomic E-state index is 0.112. The van der Waals surface area contributed by atoms with Gasteiger partial charge in [0.25, 0.3) is 0 Å². The Kier molecular flexibility index (Phi) is 5.85. The van der Waals surface area contributed by atoms with Crippen molar-refractivity contribution >= 4 is 11.7 Å². The van der Waals surface area contributed by atoms with E-state index in [1.165, 1.54) is 5.56 Å². The lowest BCUT2D eigenvalue weighted by Crippen LogP contribution is -2.32. The maximum Gasteiger partial charge on any atom is 0.321 e. The lowest BCUT2D eigenvalue weighted by Gasteiger charge is -2.18. The van der Waals surface area contributed by atoms with Crippen LogP contribution in [0.1, 0.15) is 29.2 Å². The van der Waals surface area contributed by atoms with Gasteiger partial charge in [-0.05, 0) is 43.0 Å². The standard InChI is InChI=1S/C19H25N7O/c1-14-21-18(24-23-14)11-15-6-8-17(9-7-15)22-19(27)25(2)10-4-5-16-12-20-26(3)13-16/h6-9,12-13H,4-5,10-11H2,1-3H3,(H,22,27)(H,21,23,24). The first-order valence-corrected chi connectivity index (χ1v) is 8.96. The van der Waals surface area contributed by atoms with Crippen LogP contribution in [0.15, 0.2) is 36.7 Å². The number of nitrogens with one attached hydrogen (secondary N) is 2. The molecule has 0 aliphatic heterocycles. The Bertz CT molecular complexity index is 882. The Morgan fingerprint density at radius 1 is 1.26 bits per heavy atom. The van der Waals surface area contributed by atoms with Gasteiger partial charge in [0, 0.05) is 38.9 Å². The van der Waals surface area contributed by atoms with E-state index in [0.717, 1.165) is 35.7 Å². The van der Waals surface area contributed by atoms with Crippen molar-refractivity contribution in [3.05, 3.63) is 59.4 Å². The average molecular weight is 367 g/mol. The Balaban J connectivity index is 1.45. The third-order valence-electron chi connectivity index (χ3n) is 4.27. The van der Waals surface area contributed by atoms with Gasteiger partial charge in [0.05, 0.1) is 6.20 Å². The predicted molar refractivity (Wildman–Crippen MR) is 104 cm³/mol. The monoisotopic (exact) mass is 367 g/mol. The van der Waals surface area contributed by atoms with Crippen LogP contribution in [0, 0.1) is 6.92 Å². The third kappa shape index (κ3) is 5.40. The van der Waals surface area contributed by atoms with Crippen LogP contribution >= 0.6 is 0 Å². The number of urea groups is 1. The van der Waals surface area contributed by atoms with Crippen LogP contribution in [-0.4, -0.2) is 49.5 Å². The lowest BCUT2D eigenvalue weighted by molar-refractivity contribution is 0.222. The first-order valence-electron chi connectivity index (χ1n) is 8.96. The largest absolute Gasteiger partial charge is 0.328 e. The van der Waals surface area contributed by atoms with Gasteiger partial charge in [0.1, 0.15) is 5.82 Å². The van der Waals surface area contributed by atoms with E-state index in [0.29, 0.717) is 13.0 Å². The van der Waals surface area contributed by atoms with Gasteiger partial charge in [-0.25, -0.2) is 9.78 Å². The summed E-state index contributed by atoms with van der Waals surface area (Å²) >= 11 is 0. The van der Waals surface area contributed by atoms with Crippen molar-refractivity contribution in [3.8, 4) is 0 Å². The van der Waals surface area contributed by atoms with Crippen LogP contribution < -0.4 is 5.32 Å². The van der Waals surface area contributed by atoms with E-state index >= 15 is 0 Å². The van der Waals surface area contributed by atoms with Gasteiger partial charge in [-0.2, -0.15) is 10.2 Å². The van der Waals surface area contributed by atoms with Gasteiger partial charge in [-0.3, -0.25) is 9.78 Å². The summed E-state index contributed by atoms with van der Waals surface area (Å²) in [5.74, 6) is 1.57. The summed E-state index contributed by atoms with van der Waals surface area (Å²) in [7, 11) is 3.71. The number of amides is 2. The fourth-order valence-corrected chi connectivity index (χ4v) is 2.80. The van der Waals surface area contributed by atoms with Gasteiger partial charge in [0.2, 0.25) is 0 Å². The van der Waals surface area contributed by atoms with Gasteiger partial charge >= 0.3 is 6.03 Å². The summed E-state index contributed by atoms with van der Waals surface area (Å²) in [5.41, 5.74) is 3.05. The van der Waals surface area contributed by atoms with Crippen molar-refractivity contribution in [2.45, 2.75) is 26.2 Å². The van der Waals surface area contributed by atoms with E-state index in [9.17, 15) is 4.79 Å². The predicted octanol–water partition coefficient (Wildman–Crippen LogP) is 2.53. The number of aromatic amines is 1. The zero-order valence-electron chi connectivity index (χ0n) is 15.9. The first kappa shape index (κ1) is 18.6. The van der Waals surface area contributed by atoms with Crippen molar-refractivity contribution in [2.75, 3.05) is 18.9 Å². The van der Waals surface area contributed by atoms with E-state index in [4.69, 9.17) is 0 Å². The number of anilines is 1. The molecule has 3 aromatic rings. The first-order chi connectivity index (χ1) is 13.0. The fraction of sp³-hybridized carbons (Fsp3) is 0.368. The molecule has 8 heteroatoms. The van der Waals surface area contributed by atoms with E-state index in [1.54, 1.807) is 16.6 Å². The van der Waals surface area contributed by atoms with Crippen LogP contribution in [0.25, 0.3) is 0 Å². The number of benzene rings is 1. The maximum atomic E-state index is 12.3. The van der Waals surface area contributed by atoms with Crippen molar-refractivity contribution < 1.29 is 4.79 Å².